The SMILES string of the molecule is COC(=O)CSc1nnc(NC(=O)c2ccc(NS(=O)(=O)c3ccccc3)cc2)s1. The molecule has 3 aromatic rings. The molecule has 1 aromatic heterocycles. The first-order valence-corrected chi connectivity index (χ1v) is 11.7. The van der Waals surface area contributed by atoms with Gasteiger partial charge >= 0.3 is 5.97 Å². The molecule has 0 saturated heterocycles. The van der Waals surface area contributed by atoms with Crippen molar-refractivity contribution in [2.45, 2.75) is 9.24 Å². The molecule has 0 aliphatic rings. The Morgan fingerprint density at radius 2 is 1.77 bits per heavy atom. The number of rotatable bonds is 8. The van der Waals surface area contributed by atoms with Crippen molar-refractivity contribution in [2.75, 3.05) is 22.9 Å². The van der Waals surface area contributed by atoms with Gasteiger partial charge in [-0.3, -0.25) is 19.6 Å². The number of benzene rings is 2. The topological polar surface area (TPSA) is 127 Å². The number of amides is 1. The normalized spacial score (nSPS) is 11.0. The number of anilines is 2. The molecule has 0 spiro atoms. The number of thioether (sulfide) groups is 1. The van der Waals surface area contributed by atoms with Crippen molar-refractivity contribution in [1.82, 2.24) is 10.2 Å². The summed E-state index contributed by atoms with van der Waals surface area (Å²) in [5.74, 6) is -0.712. The molecule has 2 N–H and O–H groups in total. The molecule has 2 aromatic carbocycles. The lowest BCUT2D eigenvalue weighted by Gasteiger charge is -2.08. The predicted octanol–water partition coefficient (Wildman–Crippen LogP) is 2.86. The van der Waals surface area contributed by atoms with Crippen LogP contribution in [0.25, 0.3) is 0 Å². The Bertz CT molecular complexity index is 1130. The fourth-order valence-electron chi connectivity index (χ4n) is 2.17. The highest BCUT2D eigenvalue weighted by molar-refractivity contribution is 8.01. The number of sulfonamides is 1. The van der Waals surface area contributed by atoms with E-state index in [4.69, 9.17) is 0 Å². The molecule has 0 aliphatic heterocycles. The number of nitrogens with zero attached hydrogens (tertiary/aromatic N) is 2. The average Bonchev–Trinajstić information content (AvgIpc) is 3.20. The van der Waals surface area contributed by atoms with E-state index in [1.807, 2.05) is 0 Å². The third-order valence-corrected chi connectivity index (χ3v) is 6.96. The number of carbonyl (C=O) groups is 2. The maximum atomic E-state index is 12.4. The minimum absolute atomic E-state index is 0.0967. The van der Waals surface area contributed by atoms with E-state index in [1.165, 1.54) is 43.5 Å². The molecule has 9 nitrogen and oxygen atoms in total. The number of nitrogens with one attached hydrogen (secondary N) is 2. The molecule has 0 unspecified atom stereocenters. The quantitative estimate of drug-likeness (QED) is 0.296. The second-order valence-electron chi connectivity index (χ2n) is 5.69. The van der Waals surface area contributed by atoms with Crippen LogP contribution in [0.5, 0.6) is 0 Å². The molecule has 0 aliphatic carbocycles. The van der Waals surface area contributed by atoms with Crippen LogP contribution in [0.3, 0.4) is 0 Å². The highest BCUT2D eigenvalue weighted by Gasteiger charge is 2.15. The highest BCUT2D eigenvalue weighted by atomic mass is 32.2. The second kappa shape index (κ2) is 9.69. The van der Waals surface area contributed by atoms with E-state index in [2.05, 4.69) is 25.0 Å². The van der Waals surface area contributed by atoms with Gasteiger partial charge in [-0.25, -0.2) is 8.42 Å². The smallest absolute Gasteiger partial charge is 0.316 e. The lowest BCUT2D eigenvalue weighted by atomic mass is 10.2. The fraction of sp³-hybridized carbons (Fsp3) is 0.111. The summed E-state index contributed by atoms with van der Waals surface area (Å²) < 4.78 is 32.2. The summed E-state index contributed by atoms with van der Waals surface area (Å²) in [6.45, 7) is 0. The lowest BCUT2D eigenvalue weighted by molar-refractivity contribution is -0.137. The Labute approximate surface area is 180 Å². The van der Waals surface area contributed by atoms with Crippen molar-refractivity contribution in [1.29, 1.82) is 0 Å². The summed E-state index contributed by atoms with van der Waals surface area (Å²) in [6, 6.07) is 13.9. The number of hydrogen-bond donors (Lipinski definition) is 2. The van der Waals surface area contributed by atoms with Crippen LogP contribution in [-0.4, -0.2) is 43.4 Å². The van der Waals surface area contributed by atoms with E-state index in [0.29, 0.717) is 15.6 Å². The van der Waals surface area contributed by atoms with Gasteiger partial charge in [0, 0.05) is 11.3 Å². The van der Waals surface area contributed by atoms with Crippen molar-refractivity contribution in [2.24, 2.45) is 0 Å². The Balaban J connectivity index is 1.60. The molecule has 1 amide bonds. The summed E-state index contributed by atoms with van der Waals surface area (Å²) in [7, 11) is -2.41. The van der Waals surface area contributed by atoms with Crippen molar-refractivity contribution >= 4 is 55.8 Å². The molecule has 156 valence electrons. The van der Waals surface area contributed by atoms with Gasteiger partial charge in [-0.15, -0.1) is 10.2 Å². The number of hydrogen-bond acceptors (Lipinski definition) is 9. The molecule has 12 heteroatoms. The zero-order valence-corrected chi connectivity index (χ0v) is 18.0. The van der Waals surface area contributed by atoms with Crippen LogP contribution in [0.2, 0.25) is 0 Å². The summed E-state index contributed by atoms with van der Waals surface area (Å²) in [4.78, 5) is 23.7. The molecule has 0 radical (unpaired) electrons. The molecule has 30 heavy (non-hydrogen) atoms. The predicted molar refractivity (Wildman–Crippen MR) is 114 cm³/mol. The minimum Gasteiger partial charge on any atom is -0.468 e. The van der Waals surface area contributed by atoms with Gasteiger partial charge in [0.15, 0.2) is 4.34 Å². The number of esters is 1. The van der Waals surface area contributed by atoms with E-state index >= 15 is 0 Å². The van der Waals surface area contributed by atoms with Crippen LogP contribution in [0.15, 0.2) is 63.8 Å². The Morgan fingerprint density at radius 1 is 1.07 bits per heavy atom. The van der Waals surface area contributed by atoms with Crippen LogP contribution in [0.4, 0.5) is 10.8 Å². The Hall–Kier alpha value is -2.96. The summed E-state index contributed by atoms with van der Waals surface area (Å²) in [6.07, 6.45) is 0. The van der Waals surface area contributed by atoms with Gasteiger partial charge in [0.2, 0.25) is 5.13 Å². The first-order valence-electron chi connectivity index (χ1n) is 8.40. The fourth-order valence-corrected chi connectivity index (χ4v) is 4.83. The van der Waals surface area contributed by atoms with Crippen LogP contribution in [0.1, 0.15) is 10.4 Å². The average molecular weight is 465 g/mol. The monoisotopic (exact) mass is 464 g/mol. The maximum absolute atomic E-state index is 12.4. The van der Waals surface area contributed by atoms with Gasteiger partial charge in [0.05, 0.1) is 17.8 Å². The van der Waals surface area contributed by atoms with Gasteiger partial charge in [-0.2, -0.15) is 0 Å². The first kappa shape index (κ1) is 21.7. The second-order valence-corrected chi connectivity index (χ2v) is 9.57. The number of methoxy groups -OCH3 is 1. The molecular formula is C18H16N4O5S3. The molecule has 0 fully saturated rings. The largest absolute Gasteiger partial charge is 0.468 e. The molecule has 0 atom stereocenters. The van der Waals surface area contributed by atoms with Gasteiger partial charge in [-0.05, 0) is 36.4 Å². The van der Waals surface area contributed by atoms with Crippen molar-refractivity contribution < 1.29 is 22.7 Å². The first-order chi connectivity index (χ1) is 14.4. The standard InChI is InChI=1S/C18H16N4O5S3/c1-27-15(23)11-28-18-21-20-17(29-18)19-16(24)12-7-9-13(10-8-12)22-30(25,26)14-5-3-2-4-6-14/h2-10,22H,11H2,1H3,(H,19,20,24). The Morgan fingerprint density at radius 3 is 2.43 bits per heavy atom. The van der Waals surface area contributed by atoms with E-state index in [9.17, 15) is 18.0 Å². The Kier molecular flexibility index (Phi) is 7.03. The summed E-state index contributed by atoms with van der Waals surface area (Å²) >= 11 is 2.28. The van der Waals surface area contributed by atoms with Crippen molar-refractivity contribution in [3.63, 3.8) is 0 Å². The lowest BCUT2D eigenvalue weighted by Crippen LogP contribution is -2.14. The van der Waals surface area contributed by atoms with Crippen LogP contribution >= 0.6 is 23.1 Å². The van der Waals surface area contributed by atoms with E-state index in [-0.39, 0.29) is 21.7 Å². The summed E-state index contributed by atoms with van der Waals surface area (Å²) in [5, 5.41) is 10.6. The third kappa shape index (κ3) is 5.78. The van der Waals surface area contributed by atoms with Crippen LogP contribution in [-0.2, 0) is 19.6 Å². The van der Waals surface area contributed by atoms with E-state index < -0.39 is 15.9 Å². The highest BCUT2D eigenvalue weighted by Crippen LogP contribution is 2.26. The molecular weight excluding hydrogens is 448 g/mol. The van der Waals surface area contributed by atoms with E-state index in [1.54, 1.807) is 18.2 Å². The number of carbonyl (C=O) groups excluding carboxylic acids is 2. The molecule has 0 saturated carbocycles. The van der Waals surface area contributed by atoms with Gasteiger partial charge in [0.1, 0.15) is 0 Å². The minimum atomic E-state index is -3.71. The van der Waals surface area contributed by atoms with Gasteiger partial charge in [0.25, 0.3) is 15.9 Å². The van der Waals surface area contributed by atoms with Crippen LogP contribution in [0, 0.1) is 0 Å². The molecule has 1 heterocycles. The zero-order chi connectivity index (χ0) is 21.6. The van der Waals surface area contributed by atoms with Crippen molar-refractivity contribution in [3.8, 4) is 0 Å². The maximum Gasteiger partial charge on any atom is 0.316 e. The number of ether oxygens (including phenoxy) is 1. The molecule has 3 rings (SSSR count). The summed E-state index contributed by atoms with van der Waals surface area (Å²) in [5.41, 5.74) is 0.643. The number of aromatic nitrogens is 2. The van der Waals surface area contributed by atoms with Gasteiger partial charge in [-0.1, -0.05) is 41.3 Å². The van der Waals surface area contributed by atoms with Crippen molar-refractivity contribution in [3.05, 3.63) is 60.2 Å². The third-order valence-electron chi connectivity index (χ3n) is 3.62. The van der Waals surface area contributed by atoms with E-state index in [0.717, 1.165) is 23.1 Å². The van der Waals surface area contributed by atoms with Gasteiger partial charge < -0.3 is 4.74 Å². The zero-order valence-electron chi connectivity index (χ0n) is 15.6. The molecule has 0 bridgehead atoms. The van der Waals surface area contributed by atoms with Crippen LogP contribution < -0.4 is 10.0 Å².